The third-order valence-corrected chi connectivity index (χ3v) is 9.08. The molecular formula is C31H36ClF4N3O4. The van der Waals surface area contributed by atoms with Gasteiger partial charge < -0.3 is 19.8 Å². The van der Waals surface area contributed by atoms with Crippen molar-refractivity contribution in [2.75, 3.05) is 39.8 Å². The van der Waals surface area contributed by atoms with Crippen molar-refractivity contribution < 1.29 is 37.1 Å². The largest absolute Gasteiger partial charge is 0.416 e. The first-order valence-electron chi connectivity index (χ1n) is 14.3. The van der Waals surface area contributed by atoms with E-state index in [2.05, 4.69) is 0 Å². The fourth-order valence-corrected chi connectivity index (χ4v) is 6.49. The Hall–Kier alpha value is -3.18. The molecule has 2 aromatic rings. The quantitative estimate of drug-likeness (QED) is 0.448. The second-order valence-electron chi connectivity index (χ2n) is 11.5. The average Bonchev–Trinajstić information content (AvgIpc) is 2.98. The number of aryl methyl sites for hydroxylation is 1. The molecule has 3 atom stereocenters. The van der Waals surface area contributed by atoms with E-state index in [0.29, 0.717) is 44.5 Å². The van der Waals surface area contributed by atoms with Crippen molar-refractivity contribution in [3.05, 3.63) is 69.5 Å². The molecule has 2 fully saturated rings. The van der Waals surface area contributed by atoms with Crippen LogP contribution in [0.5, 0.6) is 0 Å². The van der Waals surface area contributed by atoms with Crippen LogP contribution >= 0.6 is 11.6 Å². The molecule has 2 aliphatic rings. The lowest BCUT2D eigenvalue weighted by Gasteiger charge is -2.42. The lowest BCUT2D eigenvalue weighted by Crippen LogP contribution is -2.51. The number of hydrogen-bond acceptors (Lipinski definition) is 4. The Balaban J connectivity index is 1.56. The van der Waals surface area contributed by atoms with Gasteiger partial charge in [0.2, 0.25) is 17.7 Å². The van der Waals surface area contributed by atoms with Crippen molar-refractivity contribution in [3.8, 4) is 0 Å². The van der Waals surface area contributed by atoms with Crippen molar-refractivity contribution in [2.24, 2.45) is 11.8 Å². The number of nitrogens with zero attached hydrogens (tertiary/aromatic N) is 3. The molecule has 0 radical (unpaired) electrons. The van der Waals surface area contributed by atoms with Crippen LogP contribution < -0.4 is 0 Å². The molecular weight excluding hydrogens is 590 g/mol. The Morgan fingerprint density at radius 3 is 2.30 bits per heavy atom. The summed E-state index contributed by atoms with van der Waals surface area (Å²) in [7, 11) is 1.54. The number of carbonyl (C=O) groups excluding carboxylic acids is 3. The number of carbonyl (C=O) groups is 3. The number of rotatable bonds is 6. The number of alkyl halides is 3. The number of benzene rings is 2. The third-order valence-electron chi connectivity index (χ3n) is 8.86. The number of aliphatic hydroxyl groups is 1. The molecule has 2 aromatic carbocycles. The maximum Gasteiger partial charge on any atom is 0.416 e. The van der Waals surface area contributed by atoms with Gasteiger partial charge in [0.15, 0.2) is 0 Å². The molecule has 7 nitrogen and oxygen atoms in total. The first-order valence-corrected chi connectivity index (χ1v) is 14.7. The Morgan fingerprint density at radius 2 is 1.70 bits per heavy atom. The Bertz CT molecular complexity index is 1360. The van der Waals surface area contributed by atoms with Crippen LogP contribution in [-0.2, 0) is 20.6 Å². The van der Waals surface area contributed by atoms with Gasteiger partial charge in [-0.2, -0.15) is 13.2 Å². The third kappa shape index (κ3) is 7.32. The Kier molecular flexibility index (Phi) is 10.1. The second kappa shape index (κ2) is 13.2. The Morgan fingerprint density at radius 1 is 1.05 bits per heavy atom. The van der Waals surface area contributed by atoms with Gasteiger partial charge in [-0.3, -0.25) is 14.4 Å². The summed E-state index contributed by atoms with van der Waals surface area (Å²) in [4.78, 5) is 44.1. The Labute approximate surface area is 253 Å². The van der Waals surface area contributed by atoms with Crippen molar-refractivity contribution in [1.82, 2.24) is 14.7 Å². The van der Waals surface area contributed by atoms with E-state index in [4.69, 9.17) is 16.7 Å². The first kappa shape index (κ1) is 32.7. The summed E-state index contributed by atoms with van der Waals surface area (Å²) >= 11 is 6.01. The summed E-state index contributed by atoms with van der Waals surface area (Å²) in [5, 5.41) is 9.05. The van der Waals surface area contributed by atoms with Gasteiger partial charge >= 0.3 is 6.18 Å². The highest BCUT2D eigenvalue weighted by atomic mass is 35.5. The summed E-state index contributed by atoms with van der Waals surface area (Å²) in [5.74, 6) is -2.55. The van der Waals surface area contributed by atoms with E-state index in [1.807, 2.05) is 0 Å². The predicted molar refractivity (Wildman–Crippen MR) is 153 cm³/mol. The fourth-order valence-electron chi connectivity index (χ4n) is 6.25. The van der Waals surface area contributed by atoms with Crippen LogP contribution in [0.25, 0.3) is 0 Å². The molecule has 0 aliphatic carbocycles. The molecule has 3 unspecified atom stereocenters. The summed E-state index contributed by atoms with van der Waals surface area (Å²) in [6.07, 6.45) is -3.36. The molecule has 234 valence electrons. The van der Waals surface area contributed by atoms with Crippen molar-refractivity contribution in [1.29, 1.82) is 0 Å². The molecule has 43 heavy (non-hydrogen) atoms. The molecule has 2 heterocycles. The SMILES string of the molecule is Cc1cc(F)ccc1C1CN(C(=O)C2CCN(C(=O)CO)CC2)CCC1C(=O)N(C)C(C)c1cc(Cl)cc(C(F)(F)F)c1. The fraction of sp³-hybridized carbons (Fsp3) is 0.516. The summed E-state index contributed by atoms with van der Waals surface area (Å²) < 4.78 is 54.4. The molecule has 12 heteroatoms. The topological polar surface area (TPSA) is 81.2 Å². The van der Waals surface area contributed by atoms with E-state index in [-0.39, 0.29) is 40.8 Å². The molecule has 0 saturated carbocycles. The molecule has 0 bridgehead atoms. The summed E-state index contributed by atoms with van der Waals surface area (Å²) in [5.41, 5.74) is 0.696. The zero-order valence-electron chi connectivity index (χ0n) is 24.3. The number of halogens is 5. The lowest BCUT2D eigenvalue weighted by atomic mass is 9.77. The zero-order chi connectivity index (χ0) is 31.6. The second-order valence-corrected chi connectivity index (χ2v) is 11.9. The molecule has 4 rings (SSSR count). The van der Waals surface area contributed by atoms with Gasteiger partial charge in [0.25, 0.3) is 0 Å². The molecule has 2 saturated heterocycles. The van der Waals surface area contributed by atoms with Gasteiger partial charge in [0.05, 0.1) is 11.6 Å². The smallest absolute Gasteiger partial charge is 0.387 e. The van der Waals surface area contributed by atoms with Crippen LogP contribution in [0.3, 0.4) is 0 Å². The van der Waals surface area contributed by atoms with Gasteiger partial charge in [0, 0.05) is 56.0 Å². The van der Waals surface area contributed by atoms with Crippen LogP contribution in [-0.4, -0.2) is 77.4 Å². The minimum atomic E-state index is -4.60. The van der Waals surface area contributed by atoms with Crippen LogP contribution in [0.2, 0.25) is 5.02 Å². The van der Waals surface area contributed by atoms with Crippen LogP contribution in [0.4, 0.5) is 17.6 Å². The maximum atomic E-state index is 14.0. The molecule has 0 spiro atoms. The van der Waals surface area contributed by atoms with Gasteiger partial charge in [-0.1, -0.05) is 17.7 Å². The molecule has 2 aliphatic heterocycles. The van der Waals surface area contributed by atoms with Gasteiger partial charge in [-0.05, 0) is 80.1 Å². The van der Waals surface area contributed by atoms with Gasteiger partial charge in [-0.15, -0.1) is 0 Å². The van der Waals surface area contributed by atoms with E-state index < -0.39 is 42.0 Å². The molecule has 1 N–H and O–H groups in total. The number of amides is 3. The minimum Gasteiger partial charge on any atom is -0.387 e. The van der Waals surface area contributed by atoms with E-state index in [1.165, 1.54) is 35.0 Å². The van der Waals surface area contributed by atoms with E-state index in [1.54, 1.807) is 24.8 Å². The number of hydrogen-bond donors (Lipinski definition) is 1. The summed E-state index contributed by atoms with van der Waals surface area (Å²) in [6, 6.07) is 6.83. The van der Waals surface area contributed by atoms with Gasteiger partial charge in [-0.25, -0.2) is 4.39 Å². The highest BCUT2D eigenvalue weighted by Gasteiger charge is 2.41. The average molecular weight is 626 g/mol. The zero-order valence-corrected chi connectivity index (χ0v) is 25.1. The van der Waals surface area contributed by atoms with Crippen molar-refractivity contribution in [2.45, 2.75) is 51.2 Å². The standard InChI is InChI=1S/C31H36ClF4N3O4/c1-18-12-24(33)4-5-25(18)27-16-39(29(42)20-6-9-38(10-7-20)28(41)17-40)11-8-26(27)30(43)37(3)19(2)21-13-22(31(34,35)36)15-23(32)14-21/h4-5,12-15,19-20,26-27,40H,6-11,16-17H2,1-3H3. The predicted octanol–water partition coefficient (Wildman–Crippen LogP) is 5.19. The molecule has 0 aromatic heterocycles. The van der Waals surface area contributed by atoms with E-state index in [0.717, 1.165) is 17.7 Å². The maximum absolute atomic E-state index is 14.0. The van der Waals surface area contributed by atoms with Crippen LogP contribution in [0, 0.1) is 24.6 Å². The minimum absolute atomic E-state index is 0.0768. The van der Waals surface area contributed by atoms with Gasteiger partial charge in [0.1, 0.15) is 12.4 Å². The first-order chi connectivity index (χ1) is 20.2. The van der Waals surface area contributed by atoms with Crippen molar-refractivity contribution in [3.63, 3.8) is 0 Å². The van der Waals surface area contributed by atoms with Crippen molar-refractivity contribution >= 4 is 29.3 Å². The highest BCUT2D eigenvalue weighted by molar-refractivity contribution is 6.30. The number of piperidine rings is 2. The van der Waals surface area contributed by atoms with Crippen LogP contribution in [0.15, 0.2) is 36.4 Å². The normalized spacial score (nSPS) is 20.6. The molecule has 3 amide bonds. The number of likely N-dealkylation sites (tertiary alicyclic amines) is 2. The van der Waals surface area contributed by atoms with Crippen LogP contribution in [0.1, 0.15) is 60.4 Å². The highest BCUT2D eigenvalue weighted by Crippen LogP contribution is 2.39. The monoisotopic (exact) mass is 625 g/mol. The number of aliphatic hydroxyl groups excluding tert-OH is 1. The lowest BCUT2D eigenvalue weighted by molar-refractivity contribution is -0.146. The van der Waals surface area contributed by atoms with E-state index in [9.17, 15) is 31.9 Å². The summed E-state index contributed by atoms with van der Waals surface area (Å²) in [6.45, 7) is 4.06. The van der Waals surface area contributed by atoms with E-state index >= 15 is 0 Å².